The second-order valence-electron chi connectivity index (χ2n) is 5.85. The van der Waals surface area contributed by atoms with Gasteiger partial charge in [0.05, 0.1) is 16.1 Å². The van der Waals surface area contributed by atoms with Crippen molar-refractivity contribution >= 4 is 43.5 Å². The van der Waals surface area contributed by atoms with Crippen LogP contribution in [0, 0.1) is 18.6 Å². The number of halogens is 3. The maximum absolute atomic E-state index is 13.8. The Hall–Kier alpha value is -2.37. The molecule has 0 fully saturated rings. The van der Waals surface area contributed by atoms with Crippen molar-refractivity contribution < 1.29 is 31.5 Å². The summed E-state index contributed by atoms with van der Waals surface area (Å²) in [4.78, 5) is 24.1. The van der Waals surface area contributed by atoms with Gasteiger partial charge in [-0.3, -0.25) is 4.79 Å². The van der Waals surface area contributed by atoms with E-state index in [2.05, 4.69) is 26.0 Å². The highest BCUT2D eigenvalue weighted by Gasteiger charge is 2.19. The van der Waals surface area contributed by atoms with Crippen LogP contribution in [-0.2, 0) is 19.6 Å². The number of sulfonamides is 1. The van der Waals surface area contributed by atoms with Gasteiger partial charge in [0.15, 0.2) is 12.4 Å². The second kappa shape index (κ2) is 9.42. The number of amides is 1. The molecule has 2 aromatic carbocycles. The number of hydrogen-bond donors (Lipinski definition) is 2. The van der Waals surface area contributed by atoms with Crippen LogP contribution in [0.1, 0.15) is 22.8 Å². The molecule has 0 radical (unpaired) electrons. The van der Waals surface area contributed by atoms with E-state index in [1.807, 2.05) is 0 Å². The first kappa shape index (κ1) is 22.9. The van der Waals surface area contributed by atoms with Gasteiger partial charge in [-0.15, -0.1) is 0 Å². The smallest absolute Gasteiger partial charge is 0.338 e. The third-order valence-corrected chi connectivity index (χ3v) is 5.85. The highest BCUT2D eigenvalue weighted by atomic mass is 79.9. The molecule has 2 rings (SSSR count). The Balaban J connectivity index is 2.10. The van der Waals surface area contributed by atoms with Gasteiger partial charge < -0.3 is 10.1 Å². The summed E-state index contributed by atoms with van der Waals surface area (Å²) in [6.07, 6.45) is 0. The van der Waals surface area contributed by atoms with Crippen LogP contribution >= 0.6 is 15.9 Å². The minimum Gasteiger partial charge on any atom is -0.452 e. The molecular formula is C18H17BrF2N2O5S. The Kier molecular flexibility index (Phi) is 7.44. The molecule has 0 aliphatic heterocycles. The summed E-state index contributed by atoms with van der Waals surface area (Å²) in [5.41, 5.74) is 0.103. The number of carbonyl (C=O) groups excluding carboxylic acids is 2. The Bertz CT molecular complexity index is 1040. The minimum atomic E-state index is -3.78. The van der Waals surface area contributed by atoms with Gasteiger partial charge in [0.1, 0.15) is 5.82 Å². The van der Waals surface area contributed by atoms with Crippen LogP contribution < -0.4 is 10.0 Å². The van der Waals surface area contributed by atoms with Gasteiger partial charge in [-0.25, -0.2) is 26.7 Å². The zero-order chi connectivity index (χ0) is 21.8. The predicted molar refractivity (Wildman–Crippen MR) is 105 cm³/mol. The molecule has 0 aromatic heterocycles. The highest BCUT2D eigenvalue weighted by Crippen LogP contribution is 2.26. The minimum absolute atomic E-state index is 0.0214. The van der Waals surface area contributed by atoms with Crippen molar-refractivity contribution in [2.75, 3.05) is 18.5 Å². The van der Waals surface area contributed by atoms with Crippen molar-refractivity contribution in [3.05, 3.63) is 57.6 Å². The van der Waals surface area contributed by atoms with Crippen LogP contribution in [0.25, 0.3) is 0 Å². The van der Waals surface area contributed by atoms with Crippen LogP contribution in [0.5, 0.6) is 0 Å². The second-order valence-corrected chi connectivity index (χ2v) is 8.47. The number of ether oxygens (including phenoxy) is 1. The summed E-state index contributed by atoms with van der Waals surface area (Å²) in [6, 6.07) is 5.47. The number of carbonyl (C=O) groups is 2. The Labute approximate surface area is 174 Å². The van der Waals surface area contributed by atoms with Crippen LogP contribution in [0.3, 0.4) is 0 Å². The van der Waals surface area contributed by atoms with Gasteiger partial charge in [0.2, 0.25) is 10.0 Å². The number of nitrogens with one attached hydrogen (secondary N) is 2. The molecule has 0 bridgehead atoms. The summed E-state index contributed by atoms with van der Waals surface area (Å²) < 4.78 is 58.2. The average Bonchev–Trinajstić information content (AvgIpc) is 2.62. The standard InChI is InChI=1S/C18H17BrF2N2O5S/c1-3-22-29(26,27)12-5-4-10(2)13(8-12)18(25)28-9-16(24)23-17-14(19)6-11(20)7-15(17)21/h4-8,22H,3,9H2,1-2H3,(H,23,24). The fraction of sp³-hybridized carbons (Fsp3) is 0.222. The summed E-state index contributed by atoms with van der Waals surface area (Å²) in [5.74, 6) is -3.63. The van der Waals surface area contributed by atoms with E-state index >= 15 is 0 Å². The van der Waals surface area contributed by atoms with E-state index in [1.165, 1.54) is 12.1 Å². The van der Waals surface area contributed by atoms with E-state index in [-0.39, 0.29) is 27.2 Å². The summed E-state index contributed by atoms with van der Waals surface area (Å²) in [6.45, 7) is 2.60. The number of hydrogen-bond acceptors (Lipinski definition) is 5. The van der Waals surface area contributed by atoms with Crippen LogP contribution in [0.4, 0.5) is 14.5 Å². The third-order valence-electron chi connectivity index (χ3n) is 3.68. The molecule has 156 valence electrons. The summed E-state index contributed by atoms with van der Waals surface area (Å²) in [5, 5.41) is 2.17. The van der Waals surface area contributed by atoms with Crippen LogP contribution in [-0.4, -0.2) is 33.4 Å². The lowest BCUT2D eigenvalue weighted by atomic mass is 10.1. The normalized spacial score (nSPS) is 11.2. The van der Waals surface area contributed by atoms with E-state index in [9.17, 15) is 26.8 Å². The van der Waals surface area contributed by atoms with Gasteiger partial charge in [-0.05, 0) is 46.6 Å². The molecule has 0 saturated carbocycles. The molecule has 0 saturated heterocycles. The number of rotatable bonds is 7. The van der Waals surface area contributed by atoms with Crippen LogP contribution in [0.15, 0.2) is 39.7 Å². The van der Waals surface area contributed by atoms with Crippen molar-refractivity contribution in [3.63, 3.8) is 0 Å². The lowest BCUT2D eigenvalue weighted by Crippen LogP contribution is -2.24. The molecule has 0 unspecified atom stereocenters. The molecule has 0 aliphatic carbocycles. The summed E-state index contributed by atoms with van der Waals surface area (Å²) >= 11 is 2.93. The molecule has 0 aliphatic rings. The predicted octanol–water partition coefficient (Wildman–Crippen LogP) is 3.13. The van der Waals surface area contributed by atoms with Gasteiger partial charge >= 0.3 is 5.97 Å². The maximum atomic E-state index is 13.8. The first-order valence-corrected chi connectivity index (χ1v) is 10.5. The van der Waals surface area contributed by atoms with E-state index in [1.54, 1.807) is 13.8 Å². The first-order valence-electron chi connectivity index (χ1n) is 8.27. The molecular weight excluding hydrogens is 474 g/mol. The van der Waals surface area contributed by atoms with Crippen molar-refractivity contribution in [2.24, 2.45) is 0 Å². The maximum Gasteiger partial charge on any atom is 0.338 e. The number of anilines is 1. The number of esters is 1. The van der Waals surface area contributed by atoms with Gasteiger partial charge in [0.25, 0.3) is 5.91 Å². The zero-order valence-corrected chi connectivity index (χ0v) is 17.8. The zero-order valence-electron chi connectivity index (χ0n) is 15.4. The van der Waals surface area contributed by atoms with Gasteiger partial charge in [0, 0.05) is 17.1 Å². The fourth-order valence-electron chi connectivity index (χ4n) is 2.31. The molecule has 11 heteroatoms. The first-order chi connectivity index (χ1) is 13.5. The van der Waals surface area contributed by atoms with Crippen molar-refractivity contribution in [1.82, 2.24) is 4.72 Å². The molecule has 0 heterocycles. The number of aryl methyl sites for hydroxylation is 1. The summed E-state index contributed by atoms with van der Waals surface area (Å²) in [7, 11) is -3.78. The molecule has 2 N–H and O–H groups in total. The van der Waals surface area contributed by atoms with Crippen molar-refractivity contribution in [2.45, 2.75) is 18.7 Å². The molecule has 29 heavy (non-hydrogen) atoms. The topological polar surface area (TPSA) is 102 Å². The Morgan fingerprint density at radius 1 is 1.17 bits per heavy atom. The Morgan fingerprint density at radius 2 is 1.86 bits per heavy atom. The molecule has 7 nitrogen and oxygen atoms in total. The molecule has 0 spiro atoms. The third kappa shape index (κ3) is 5.81. The van der Waals surface area contributed by atoms with E-state index in [0.29, 0.717) is 11.6 Å². The fourth-order valence-corrected chi connectivity index (χ4v) is 3.88. The lowest BCUT2D eigenvalue weighted by Gasteiger charge is -2.11. The van der Waals surface area contributed by atoms with Crippen molar-refractivity contribution in [1.29, 1.82) is 0 Å². The SMILES string of the molecule is CCNS(=O)(=O)c1ccc(C)c(C(=O)OCC(=O)Nc2c(F)cc(F)cc2Br)c1. The van der Waals surface area contributed by atoms with E-state index in [4.69, 9.17) is 4.74 Å². The van der Waals surface area contributed by atoms with E-state index in [0.717, 1.165) is 12.1 Å². The quantitative estimate of drug-likeness (QED) is 0.580. The van der Waals surface area contributed by atoms with Crippen molar-refractivity contribution in [3.8, 4) is 0 Å². The highest BCUT2D eigenvalue weighted by molar-refractivity contribution is 9.10. The molecule has 0 atom stereocenters. The van der Waals surface area contributed by atoms with Gasteiger partial charge in [-0.1, -0.05) is 13.0 Å². The monoisotopic (exact) mass is 490 g/mol. The number of benzene rings is 2. The largest absolute Gasteiger partial charge is 0.452 e. The molecule has 1 amide bonds. The van der Waals surface area contributed by atoms with E-state index < -0.39 is 40.1 Å². The molecule has 2 aromatic rings. The van der Waals surface area contributed by atoms with Crippen LogP contribution in [0.2, 0.25) is 0 Å². The van der Waals surface area contributed by atoms with Gasteiger partial charge in [-0.2, -0.15) is 0 Å². The Morgan fingerprint density at radius 3 is 2.48 bits per heavy atom. The lowest BCUT2D eigenvalue weighted by molar-refractivity contribution is -0.119. The average molecular weight is 491 g/mol.